The predicted octanol–water partition coefficient (Wildman–Crippen LogP) is 4.58. The van der Waals surface area contributed by atoms with Crippen LogP contribution >= 0.6 is 0 Å². The first-order valence-electron chi connectivity index (χ1n) is 10.0. The van der Waals surface area contributed by atoms with Crippen molar-refractivity contribution in [3.05, 3.63) is 77.4 Å². The zero-order chi connectivity index (χ0) is 23.3. The number of nitrogens with zero attached hydrogens (tertiary/aromatic N) is 1. The molecular weight excluding hydrogens is 406 g/mol. The van der Waals surface area contributed by atoms with E-state index in [1.807, 2.05) is 50.2 Å². The molecule has 0 bridgehead atoms. The fourth-order valence-corrected chi connectivity index (χ4v) is 3.13. The molecule has 3 aromatic carbocycles. The van der Waals surface area contributed by atoms with E-state index in [0.717, 1.165) is 11.3 Å². The van der Waals surface area contributed by atoms with E-state index in [-0.39, 0.29) is 11.8 Å². The molecule has 2 N–H and O–H groups in total. The summed E-state index contributed by atoms with van der Waals surface area (Å²) in [5.41, 5.74) is 3.98. The Kier molecular flexibility index (Phi) is 7.00. The molecule has 0 heterocycles. The van der Waals surface area contributed by atoms with Crippen LogP contribution < -0.4 is 25.0 Å². The van der Waals surface area contributed by atoms with Gasteiger partial charge in [-0.25, -0.2) is 0 Å². The minimum Gasteiger partial charge on any atom is -0.493 e. The molecule has 0 saturated heterocycles. The third-order valence-electron chi connectivity index (χ3n) is 5.01. The molecule has 3 rings (SSSR count). The molecule has 32 heavy (non-hydrogen) atoms. The first kappa shape index (κ1) is 22.7. The van der Waals surface area contributed by atoms with Crippen LogP contribution in [-0.4, -0.2) is 40.1 Å². The number of ether oxygens (including phenoxy) is 2. The lowest BCUT2D eigenvalue weighted by Gasteiger charge is -2.15. The molecule has 0 aliphatic rings. The Hall–Kier alpha value is -4.00. The van der Waals surface area contributed by atoms with Gasteiger partial charge in [0.15, 0.2) is 11.5 Å². The summed E-state index contributed by atoms with van der Waals surface area (Å²) in [4.78, 5) is 27.4. The lowest BCUT2D eigenvalue weighted by atomic mass is 10.1. The Morgan fingerprint density at radius 2 is 1.47 bits per heavy atom. The SMILES string of the molecule is COc1ccc(C(=O)Nc2ccc(C)c(NC(=O)c3cccc(N(C)C)c3)c2)cc1OC. The van der Waals surface area contributed by atoms with E-state index in [1.165, 1.54) is 14.2 Å². The van der Waals surface area contributed by atoms with Crippen molar-refractivity contribution in [2.45, 2.75) is 6.92 Å². The Labute approximate surface area is 188 Å². The molecule has 0 spiro atoms. The molecule has 0 aliphatic heterocycles. The summed E-state index contributed by atoms with van der Waals surface area (Å²) < 4.78 is 10.5. The standard InChI is InChI=1S/C25H27N3O4/c1-16-9-11-19(26-24(29)18-10-12-22(31-4)23(14-18)32-5)15-21(16)27-25(30)17-7-6-8-20(13-17)28(2)3/h6-15H,1-5H3,(H,26,29)(H,27,30). The number of hydrogen-bond donors (Lipinski definition) is 2. The molecule has 0 aromatic heterocycles. The minimum atomic E-state index is -0.300. The van der Waals surface area contributed by atoms with Gasteiger partial charge in [0.25, 0.3) is 11.8 Å². The Balaban J connectivity index is 1.78. The van der Waals surface area contributed by atoms with E-state index in [2.05, 4.69) is 10.6 Å². The number of aryl methyl sites for hydroxylation is 1. The Bertz CT molecular complexity index is 1140. The van der Waals surface area contributed by atoms with Crippen LogP contribution in [0, 0.1) is 6.92 Å². The number of amides is 2. The summed E-state index contributed by atoms with van der Waals surface area (Å²) in [6, 6.07) is 17.7. The van der Waals surface area contributed by atoms with E-state index in [1.54, 1.807) is 36.4 Å². The van der Waals surface area contributed by atoms with Crippen LogP contribution in [0.15, 0.2) is 60.7 Å². The summed E-state index contributed by atoms with van der Waals surface area (Å²) in [6.07, 6.45) is 0. The van der Waals surface area contributed by atoms with E-state index < -0.39 is 0 Å². The molecule has 7 heteroatoms. The van der Waals surface area contributed by atoms with Gasteiger partial charge in [0, 0.05) is 42.3 Å². The van der Waals surface area contributed by atoms with Crippen molar-refractivity contribution in [1.82, 2.24) is 0 Å². The first-order valence-corrected chi connectivity index (χ1v) is 10.0. The third-order valence-corrected chi connectivity index (χ3v) is 5.01. The second-order valence-electron chi connectivity index (χ2n) is 7.45. The maximum atomic E-state index is 12.8. The highest BCUT2D eigenvalue weighted by Gasteiger charge is 2.13. The molecule has 3 aromatic rings. The zero-order valence-corrected chi connectivity index (χ0v) is 18.9. The number of benzene rings is 3. The Morgan fingerprint density at radius 1 is 0.781 bits per heavy atom. The van der Waals surface area contributed by atoms with Crippen LogP contribution in [0.5, 0.6) is 11.5 Å². The van der Waals surface area contributed by atoms with Crippen molar-refractivity contribution in [2.24, 2.45) is 0 Å². The molecule has 2 amide bonds. The van der Waals surface area contributed by atoms with Crippen LogP contribution in [-0.2, 0) is 0 Å². The van der Waals surface area contributed by atoms with Crippen LogP contribution in [0.25, 0.3) is 0 Å². The summed E-state index contributed by atoms with van der Waals surface area (Å²) in [5, 5.41) is 5.79. The van der Waals surface area contributed by atoms with E-state index in [4.69, 9.17) is 9.47 Å². The van der Waals surface area contributed by atoms with Crippen LogP contribution in [0.1, 0.15) is 26.3 Å². The normalized spacial score (nSPS) is 10.3. The summed E-state index contributed by atoms with van der Waals surface area (Å²) in [6.45, 7) is 1.89. The molecule has 0 aliphatic carbocycles. The average molecular weight is 434 g/mol. The summed E-state index contributed by atoms with van der Waals surface area (Å²) in [5.74, 6) is 0.491. The molecule has 166 valence electrons. The fourth-order valence-electron chi connectivity index (χ4n) is 3.13. The number of methoxy groups -OCH3 is 2. The van der Waals surface area contributed by atoms with Gasteiger partial charge in [-0.2, -0.15) is 0 Å². The van der Waals surface area contributed by atoms with E-state index >= 15 is 0 Å². The smallest absolute Gasteiger partial charge is 0.255 e. The van der Waals surface area contributed by atoms with Gasteiger partial charge in [-0.15, -0.1) is 0 Å². The number of rotatable bonds is 7. The number of nitrogens with one attached hydrogen (secondary N) is 2. The summed E-state index contributed by atoms with van der Waals surface area (Å²) in [7, 11) is 6.90. The maximum Gasteiger partial charge on any atom is 0.255 e. The molecule has 0 unspecified atom stereocenters. The average Bonchev–Trinajstić information content (AvgIpc) is 2.80. The molecule has 0 radical (unpaired) electrons. The van der Waals surface area contributed by atoms with E-state index in [9.17, 15) is 9.59 Å². The zero-order valence-electron chi connectivity index (χ0n) is 18.9. The van der Waals surface area contributed by atoms with Gasteiger partial charge in [0.1, 0.15) is 0 Å². The molecular formula is C25H27N3O4. The van der Waals surface area contributed by atoms with Gasteiger partial charge in [0.05, 0.1) is 14.2 Å². The number of carbonyl (C=O) groups excluding carboxylic acids is 2. The van der Waals surface area contributed by atoms with Gasteiger partial charge >= 0.3 is 0 Å². The molecule has 0 fully saturated rings. The highest BCUT2D eigenvalue weighted by molar-refractivity contribution is 6.07. The minimum absolute atomic E-state index is 0.222. The van der Waals surface area contributed by atoms with Gasteiger partial charge in [0.2, 0.25) is 0 Å². The molecule has 0 atom stereocenters. The summed E-state index contributed by atoms with van der Waals surface area (Å²) >= 11 is 0. The third kappa shape index (κ3) is 5.18. The quantitative estimate of drug-likeness (QED) is 0.570. The van der Waals surface area contributed by atoms with Crippen molar-refractivity contribution in [3.8, 4) is 11.5 Å². The van der Waals surface area contributed by atoms with Crippen molar-refractivity contribution < 1.29 is 19.1 Å². The number of anilines is 3. The number of carbonyl (C=O) groups is 2. The maximum absolute atomic E-state index is 12.8. The van der Waals surface area contributed by atoms with Crippen LogP contribution in [0.2, 0.25) is 0 Å². The van der Waals surface area contributed by atoms with Crippen molar-refractivity contribution in [2.75, 3.05) is 43.8 Å². The van der Waals surface area contributed by atoms with Gasteiger partial charge < -0.3 is 25.0 Å². The lowest BCUT2D eigenvalue weighted by molar-refractivity contribution is 0.101. The molecule has 7 nitrogen and oxygen atoms in total. The van der Waals surface area contributed by atoms with E-state index in [0.29, 0.717) is 34.0 Å². The number of hydrogen-bond acceptors (Lipinski definition) is 5. The van der Waals surface area contributed by atoms with Gasteiger partial charge in [-0.3, -0.25) is 9.59 Å². The largest absolute Gasteiger partial charge is 0.493 e. The lowest BCUT2D eigenvalue weighted by Crippen LogP contribution is -2.16. The Morgan fingerprint density at radius 3 is 2.16 bits per heavy atom. The predicted molar refractivity (Wildman–Crippen MR) is 127 cm³/mol. The van der Waals surface area contributed by atoms with Gasteiger partial charge in [-0.05, 0) is 61.0 Å². The highest BCUT2D eigenvalue weighted by atomic mass is 16.5. The fraction of sp³-hybridized carbons (Fsp3) is 0.200. The van der Waals surface area contributed by atoms with Crippen molar-refractivity contribution in [1.29, 1.82) is 0 Å². The first-order chi connectivity index (χ1) is 15.3. The van der Waals surface area contributed by atoms with Crippen molar-refractivity contribution in [3.63, 3.8) is 0 Å². The second-order valence-corrected chi connectivity index (χ2v) is 7.45. The van der Waals surface area contributed by atoms with Gasteiger partial charge in [-0.1, -0.05) is 12.1 Å². The second kappa shape index (κ2) is 9.87. The van der Waals surface area contributed by atoms with Crippen molar-refractivity contribution >= 4 is 28.9 Å². The molecule has 0 saturated carbocycles. The van der Waals surface area contributed by atoms with Crippen LogP contribution in [0.4, 0.5) is 17.1 Å². The monoisotopic (exact) mass is 433 g/mol. The van der Waals surface area contributed by atoms with Crippen LogP contribution in [0.3, 0.4) is 0 Å². The highest BCUT2D eigenvalue weighted by Crippen LogP contribution is 2.28. The topological polar surface area (TPSA) is 79.9 Å².